The Morgan fingerprint density at radius 2 is 1.22 bits per heavy atom. The van der Waals surface area contributed by atoms with Gasteiger partial charge in [0.25, 0.3) is 0 Å². The summed E-state index contributed by atoms with van der Waals surface area (Å²) in [4.78, 5) is 28.2. The van der Waals surface area contributed by atoms with Crippen LogP contribution >= 0.6 is 6.04 Å². The number of imide groups is 1. The molecule has 0 aromatic heterocycles. The Morgan fingerprint density at radius 1 is 0.778 bits per heavy atom. The molecule has 3 aliphatic heterocycles. The quantitative estimate of drug-likeness (QED) is 0.444. The smallest absolute Gasteiger partial charge is 0.238 e. The fourth-order valence-corrected chi connectivity index (χ4v) is 12.3. The van der Waals surface area contributed by atoms with Crippen molar-refractivity contribution in [1.82, 2.24) is 0 Å². The van der Waals surface area contributed by atoms with Crippen molar-refractivity contribution in [2.75, 3.05) is 4.90 Å². The number of amides is 2. The maximum Gasteiger partial charge on any atom is 0.238 e. The molecule has 3 heterocycles. The third kappa shape index (κ3) is 2.00. The largest absolute Gasteiger partial charge is 0.274 e. The van der Waals surface area contributed by atoms with Crippen molar-refractivity contribution in [2.45, 2.75) is 25.2 Å². The summed E-state index contributed by atoms with van der Waals surface area (Å²) in [5.41, 5.74) is 3.17. The molecule has 136 valence electrons. The van der Waals surface area contributed by atoms with Crippen LogP contribution in [-0.2, 0) is 21.4 Å². The first-order valence-corrected chi connectivity index (χ1v) is 12.2. The fraction of sp³-hybridized carbons (Fsp3) is 0.273. The summed E-state index contributed by atoms with van der Waals surface area (Å²) in [6, 6.07) is 17.4. The first-order chi connectivity index (χ1) is 13.0. The number of hydrogen-bond donors (Lipinski definition) is 0. The minimum atomic E-state index is -2.09. The van der Waals surface area contributed by atoms with Gasteiger partial charge in [0.1, 0.15) is 0 Å². The Balaban J connectivity index is 1.66. The van der Waals surface area contributed by atoms with Gasteiger partial charge in [-0.25, -0.2) is 4.90 Å². The second-order valence-electron chi connectivity index (χ2n) is 7.70. The molecule has 5 rings (SSSR count). The lowest BCUT2D eigenvalue weighted by atomic mass is 9.78. The van der Waals surface area contributed by atoms with E-state index in [0.717, 1.165) is 5.30 Å². The van der Waals surface area contributed by atoms with Gasteiger partial charge in [0.2, 0.25) is 11.8 Å². The highest BCUT2D eigenvalue weighted by atomic mass is 32.4. The Kier molecular flexibility index (Phi) is 3.63. The van der Waals surface area contributed by atoms with Crippen molar-refractivity contribution in [3.63, 3.8) is 0 Å². The summed E-state index contributed by atoms with van der Waals surface area (Å²) in [5.74, 6) is -0.753. The second-order valence-corrected chi connectivity index (χ2v) is 12.6. The normalized spacial score (nSPS) is 34.5. The Labute approximate surface area is 164 Å². The van der Waals surface area contributed by atoms with Crippen LogP contribution in [-0.4, -0.2) is 23.1 Å². The lowest BCUT2D eigenvalue weighted by molar-refractivity contribution is -0.122. The van der Waals surface area contributed by atoms with E-state index in [9.17, 15) is 9.59 Å². The summed E-state index contributed by atoms with van der Waals surface area (Å²) in [7, 11) is 0. The molecule has 2 aromatic carbocycles. The van der Waals surface area contributed by atoms with Gasteiger partial charge in [0, 0.05) is 11.3 Å². The number of rotatable bonds is 2. The molecule has 2 amide bonds. The highest BCUT2D eigenvalue weighted by Crippen LogP contribution is 2.76. The second kappa shape index (κ2) is 5.73. The highest BCUT2D eigenvalue weighted by Gasteiger charge is 2.69. The van der Waals surface area contributed by atoms with Crippen LogP contribution in [0.15, 0.2) is 71.8 Å². The van der Waals surface area contributed by atoms with Crippen molar-refractivity contribution < 1.29 is 9.59 Å². The SMILES string of the molecule is CC1=C(C)[C@H]2[C@H]3C(=O)N(c4ccccc4)C(=O)[C@H]3[C@@H]1P2(=S)c1ccccc1. The zero-order valence-electron chi connectivity index (χ0n) is 15.2. The molecular formula is C22H20NO2PS. The van der Waals surface area contributed by atoms with Gasteiger partial charge in [-0.1, -0.05) is 71.5 Å². The van der Waals surface area contributed by atoms with Crippen LogP contribution in [0.25, 0.3) is 0 Å². The first kappa shape index (κ1) is 17.1. The van der Waals surface area contributed by atoms with Crippen molar-refractivity contribution in [3.05, 3.63) is 71.8 Å². The van der Waals surface area contributed by atoms with Crippen LogP contribution in [0.3, 0.4) is 0 Å². The van der Waals surface area contributed by atoms with Gasteiger partial charge in [-0.05, 0) is 37.3 Å². The van der Waals surface area contributed by atoms with E-state index < -0.39 is 6.04 Å². The molecule has 2 aromatic rings. The van der Waals surface area contributed by atoms with E-state index >= 15 is 0 Å². The zero-order chi connectivity index (χ0) is 18.9. The number of carbonyl (C=O) groups excluding carboxylic acids is 2. The number of nitrogens with zero attached hydrogens (tertiary/aromatic N) is 1. The summed E-state index contributed by atoms with van der Waals surface area (Å²) < 4.78 is 0. The van der Waals surface area contributed by atoms with Crippen LogP contribution in [0, 0.1) is 11.8 Å². The summed E-state index contributed by atoms with van der Waals surface area (Å²) in [6.45, 7) is 4.23. The predicted molar refractivity (Wildman–Crippen MR) is 112 cm³/mol. The fourth-order valence-electron chi connectivity index (χ4n) is 5.42. The lowest BCUT2D eigenvalue weighted by Gasteiger charge is -2.28. The van der Waals surface area contributed by atoms with Crippen LogP contribution < -0.4 is 10.2 Å². The number of benzene rings is 2. The Morgan fingerprint density at radius 3 is 1.70 bits per heavy atom. The monoisotopic (exact) mass is 393 g/mol. The first-order valence-electron chi connectivity index (χ1n) is 9.23. The van der Waals surface area contributed by atoms with Gasteiger partial charge in [-0.2, -0.15) is 0 Å². The minimum Gasteiger partial charge on any atom is -0.274 e. The third-order valence-electron chi connectivity index (χ3n) is 6.59. The number of fused-ring (bicyclic) bond motifs is 5. The summed E-state index contributed by atoms with van der Waals surface area (Å²) >= 11 is 6.36. The van der Waals surface area contributed by atoms with Gasteiger partial charge in [0.05, 0.1) is 17.5 Å². The van der Waals surface area contributed by atoms with Crippen molar-refractivity contribution in [1.29, 1.82) is 0 Å². The summed E-state index contributed by atoms with van der Waals surface area (Å²) in [5, 5.41) is 1.16. The molecule has 0 N–H and O–H groups in total. The number of allylic oxidation sites excluding steroid dienone is 2. The molecule has 5 heteroatoms. The van der Waals surface area contributed by atoms with Crippen molar-refractivity contribution in [2.24, 2.45) is 11.8 Å². The number of carbonyl (C=O) groups is 2. The minimum absolute atomic E-state index is 0.00932. The molecular weight excluding hydrogens is 373 g/mol. The van der Waals surface area contributed by atoms with Crippen molar-refractivity contribution >= 4 is 40.7 Å². The lowest BCUT2D eigenvalue weighted by Crippen LogP contribution is -2.35. The van der Waals surface area contributed by atoms with E-state index in [1.165, 1.54) is 16.0 Å². The number of hydrogen-bond acceptors (Lipinski definition) is 3. The average Bonchev–Trinajstić information content (AvgIpc) is 3.18. The van der Waals surface area contributed by atoms with E-state index in [4.69, 9.17) is 11.8 Å². The van der Waals surface area contributed by atoms with Crippen LogP contribution in [0.5, 0.6) is 0 Å². The molecule has 0 saturated carbocycles. The molecule has 5 atom stereocenters. The van der Waals surface area contributed by atoms with Gasteiger partial charge in [-0.15, -0.1) is 0 Å². The number of para-hydroxylation sites is 1. The Hall–Kier alpha value is -2.03. The van der Waals surface area contributed by atoms with Crippen LogP contribution in [0.2, 0.25) is 0 Å². The standard InChI is InChI=1S/C22H20NO2PS/c1-13-14(2)20-18-17(19(13)26(20,27)16-11-7-4-8-12-16)21(24)23(22(18)25)15-9-5-3-6-10-15/h3-12,17-20H,1-2H3/t17-,18+,19-,20+,26?. The van der Waals surface area contributed by atoms with Gasteiger partial charge >= 0.3 is 0 Å². The van der Waals surface area contributed by atoms with E-state index in [0.29, 0.717) is 5.69 Å². The van der Waals surface area contributed by atoms with E-state index in [1.807, 2.05) is 48.5 Å². The molecule has 0 aliphatic carbocycles. The van der Waals surface area contributed by atoms with Gasteiger partial charge in [-0.3, -0.25) is 9.59 Å². The van der Waals surface area contributed by atoms with Crippen molar-refractivity contribution in [3.8, 4) is 0 Å². The van der Waals surface area contributed by atoms with E-state index in [1.54, 1.807) is 0 Å². The van der Waals surface area contributed by atoms with Gasteiger partial charge in [0.15, 0.2) is 0 Å². The maximum atomic E-state index is 13.4. The predicted octanol–water partition coefficient (Wildman–Crippen LogP) is 3.70. The van der Waals surface area contributed by atoms with E-state index in [-0.39, 0.29) is 35.0 Å². The molecule has 27 heavy (non-hydrogen) atoms. The third-order valence-corrected chi connectivity index (χ3v) is 12.8. The molecule has 0 radical (unpaired) electrons. The highest BCUT2D eigenvalue weighted by molar-refractivity contribution is 8.19. The Bertz CT molecular complexity index is 1000. The topological polar surface area (TPSA) is 37.4 Å². The molecule has 2 bridgehead atoms. The molecule has 2 saturated heterocycles. The molecule has 0 spiro atoms. The number of anilines is 1. The van der Waals surface area contributed by atoms with Crippen LogP contribution in [0.1, 0.15) is 13.8 Å². The zero-order valence-corrected chi connectivity index (χ0v) is 16.9. The van der Waals surface area contributed by atoms with E-state index in [2.05, 4.69) is 26.0 Å². The molecule has 1 unspecified atom stereocenters. The van der Waals surface area contributed by atoms with Gasteiger partial charge < -0.3 is 0 Å². The maximum absolute atomic E-state index is 13.4. The molecule has 2 fully saturated rings. The molecule has 3 aliphatic rings. The van der Waals surface area contributed by atoms with Crippen LogP contribution in [0.4, 0.5) is 5.69 Å². The average molecular weight is 393 g/mol. The molecule has 3 nitrogen and oxygen atoms in total. The summed E-state index contributed by atoms with van der Waals surface area (Å²) in [6.07, 6.45) is 0.